The normalized spacial score (nSPS) is 12.0. The standard InChI is InChI=1S/C17H21N3OS3/c1-10(2)9-22-16-19-20-17(24-16)23-13(5)15(21)18-14-8-11(3)6-7-12(14)4/h6-8,13H,1,9H2,2-5H3,(H,18,21)/t13-/m1/s1. The van der Waals surface area contributed by atoms with Gasteiger partial charge >= 0.3 is 0 Å². The van der Waals surface area contributed by atoms with E-state index in [-0.39, 0.29) is 11.2 Å². The van der Waals surface area contributed by atoms with Gasteiger partial charge in [0, 0.05) is 11.4 Å². The topological polar surface area (TPSA) is 54.9 Å². The smallest absolute Gasteiger partial charge is 0.237 e. The van der Waals surface area contributed by atoms with Crippen LogP contribution in [0.2, 0.25) is 0 Å². The molecular weight excluding hydrogens is 358 g/mol. The Labute approximate surface area is 155 Å². The van der Waals surface area contributed by atoms with E-state index < -0.39 is 0 Å². The molecule has 0 aliphatic rings. The predicted molar refractivity (Wildman–Crippen MR) is 105 cm³/mol. The molecule has 1 heterocycles. The lowest BCUT2D eigenvalue weighted by Crippen LogP contribution is -2.22. The van der Waals surface area contributed by atoms with Gasteiger partial charge in [0.25, 0.3) is 0 Å². The molecular formula is C17H21N3OS3. The molecule has 0 fully saturated rings. The van der Waals surface area contributed by atoms with Crippen molar-refractivity contribution in [1.82, 2.24) is 10.2 Å². The molecule has 1 aromatic heterocycles. The number of rotatable bonds is 7. The Hall–Kier alpha value is -1.31. The molecule has 1 atom stereocenters. The maximum Gasteiger partial charge on any atom is 0.237 e. The minimum absolute atomic E-state index is 0.0277. The largest absolute Gasteiger partial charge is 0.325 e. The van der Waals surface area contributed by atoms with Crippen molar-refractivity contribution >= 4 is 46.5 Å². The Balaban J connectivity index is 1.94. The Kier molecular flexibility index (Phi) is 6.89. The maximum atomic E-state index is 12.4. The number of thioether (sulfide) groups is 2. The van der Waals surface area contributed by atoms with E-state index in [1.807, 2.05) is 45.9 Å². The first kappa shape index (κ1) is 19.0. The lowest BCUT2D eigenvalue weighted by Gasteiger charge is -2.12. The van der Waals surface area contributed by atoms with Gasteiger partial charge in [-0.25, -0.2) is 0 Å². The summed E-state index contributed by atoms with van der Waals surface area (Å²) in [7, 11) is 0. The minimum atomic E-state index is -0.239. The van der Waals surface area contributed by atoms with Gasteiger partial charge in [-0.05, 0) is 44.9 Å². The second kappa shape index (κ2) is 8.69. The van der Waals surface area contributed by atoms with Crippen LogP contribution in [-0.4, -0.2) is 27.1 Å². The molecule has 0 bridgehead atoms. The molecule has 1 aromatic carbocycles. The number of benzene rings is 1. The average molecular weight is 380 g/mol. The molecule has 0 aliphatic carbocycles. The fraction of sp³-hybridized carbons (Fsp3) is 0.353. The molecule has 4 nitrogen and oxygen atoms in total. The molecule has 0 aliphatic heterocycles. The van der Waals surface area contributed by atoms with E-state index in [9.17, 15) is 4.79 Å². The summed E-state index contributed by atoms with van der Waals surface area (Å²) >= 11 is 4.57. The fourth-order valence-corrected chi connectivity index (χ4v) is 4.80. The number of amides is 1. The van der Waals surface area contributed by atoms with Crippen molar-refractivity contribution in [2.24, 2.45) is 0 Å². The van der Waals surface area contributed by atoms with Gasteiger partial charge in [-0.1, -0.05) is 59.1 Å². The number of hydrogen-bond acceptors (Lipinski definition) is 6. The van der Waals surface area contributed by atoms with Crippen LogP contribution in [0.3, 0.4) is 0 Å². The molecule has 7 heteroatoms. The van der Waals surface area contributed by atoms with E-state index in [0.717, 1.165) is 36.8 Å². The van der Waals surface area contributed by atoms with Crippen molar-refractivity contribution in [3.63, 3.8) is 0 Å². The SMILES string of the molecule is C=C(C)CSc1nnc(S[C@H](C)C(=O)Nc2cc(C)ccc2C)s1. The highest BCUT2D eigenvalue weighted by Gasteiger charge is 2.18. The molecule has 2 aromatic rings. The number of aromatic nitrogens is 2. The molecule has 24 heavy (non-hydrogen) atoms. The summed E-state index contributed by atoms with van der Waals surface area (Å²) in [4.78, 5) is 12.4. The molecule has 1 N–H and O–H groups in total. The lowest BCUT2D eigenvalue weighted by atomic mass is 10.1. The number of hydrogen-bond donors (Lipinski definition) is 1. The molecule has 0 spiro atoms. The number of nitrogens with one attached hydrogen (secondary N) is 1. The van der Waals surface area contributed by atoms with E-state index in [1.165, 1.54) is 23.1 Å². The predicted octanol–water partition coefficient (Wildman–Crippen LogP) is 4.94. The van der Waals surface area contributed by atoms with Crippen LogP contribution in [0, 0.1) is 13.8 Å². The summed E-state index contributed by atoms with van der Waals surface area (Å²) in [5.41, 5.74) is 4.15. The Bertz CT molecular complexity index is 742. The summed E-state index contributed by atoms with van der Waals surface area (Å²) in [6.45, 7) is 11.8. The summed E-state index contributed by atoms with van der Waals surface area (Å²) in [5, 5.41) is 11.1. The summed E-state index contributed by atoms with van der Waals surface area (Å²) in [6.07, 6.45) is 0. The zero-order valence-corrected chi connectivity index (χ0v) is 16.7. The highest BCUT2D eigenvalue weighted by atomic mass is 32.2. The third kappa shape index (κ3) is 5.65. The van der Waals surface area contributed by atoms with Gasteiger partial charge in [0.05, 0.1) is 5.25 Å². The second-order valence-corrected chi connectivity index (χ2v) is 9.44. The van der Waals surface area contributed by atoms with Crippen molar-refractivity contribution in [2.75, 3.05) is 11.1 Å². The first-order valence-electron chi connectivity index (χ1n) is 7.50. The number of anilines is 1. The highest BCUT2D eigenvalue weighted by molar-refractivity contribution is 8.04. The third-order valence-corrected chi connectivity index (χ3v) is 6.60. The van der Waals surface area contributed by atoms with Crippen molar-refractivity contribution < 1.29 is 4.79 Å². The molecule has 128 valence electrons. The maximum absolute atomic E-state index is 12.4. The van der Waals surface area contributed by atoms with E-state index in [2.05, 4.69) is 22.1 Å². The zero-order valence-electron chi connectivity index (χ0n) is 14.3. The summed E-state index contributed by atoms with van der Waals surface area (Å²) in [5.74, 6) is 0.808. The molecule has 0 unspecified atom stereocenters. The van der Waals surface area contributed by atoms with E-state index in [1.54, 1.807) is 11.8 Å². The van der Waals surface area contributed by atoms with Gasteiger partial charge in [-0.3, -0.25) is 4.79 Å². The van der Waals surface area contributed by atoms with Crippen LogP contribution in [0.5, 0.6) is 0 Å². The molecule has 0 radical (unpaired) electrons. The minimum Gasteiger partial charge on any atom is -0.325 e. The number of aryl methyl sites for hydroxylation is 2. The first-order chi connectivity index (χ1) is 11.3. The quantitative estimate of drug-likeness (QED) is 0.545. The van der Waals surface area contributed by atoms with Gasteiger partial charge in [0.2, 0.25) is 5.91 Å². The zero-order chi connectivity index (χ0) is 17.7. The van der Waals surface area contributed by atoms with E-state index in [0.29, 0.717) is 0 Å². The van der Waals surface area contributed by atoms with Gasteiger partial charge in [0.15, 0.2) is 8.68 Å². The van der Waals surface area contributed by atoms with E-state index >= 15 is 0 Å². The van der Waals surface area contributed by atoms with Gasteiger partial charge in [-0.15, -0.1) is 10.2 Å². The van der Waals surface area contributed by atoms with E-state index in [4.69, 9.17) is 0 Å². The van der Waals surface area contributed by atoms with Crippen LogP contribution in [0.15, 0.2) is 39.0 Å². The van der Waals surface area contributed by atoms with Crippen molar-refractivity contribution in [3.05, 3.63) is 41.5 Å². The Morgan fingerprint density at radius 1 is 1.33 bits per heavy atom. The molecule has 0 saturated heterocycles. The number of carbonyl (C=O) groups excluding carboxylic acids is 1. The number of nitrogens with zero attached hydrogens (tertiary/aromatic N) is 2. The lowest BCUT2D eigenvalue weighted by molar-refractivity contribution is -0.115. The van der Waals surface area contributed by atoms with Crippen molar-refractivity contribution in [2.45, 2.75) is 41.6 Å². The molecule has 2 rings (SSSR count). The van der Waals surface area contributed by atoms with Crippen LogP contribution in [0.25, 0.3) is 0 Å². The summed E-state index contributed by atoms with van der Waals surface area (Å²) in [6, 6.07) is 6.04. The Morgan fingerprint density at radius 3 is 2.75 bits per heavy atom. The van der Waals surface area contributed by atoms with Crippen LogP contribution < -0.4 is 5.32 Å². The fourth-order valence-electron chi connectivity index (χ4n) is 1.80. The Morgan fingerprint density at radius 2 is 2.04 bits per heavy atom. The van der Waals surface area contributed by atoms with Crippen LogP contribution in [-0.2, 0) is 4.79 Å². The highest BCUT2D eigenvalue weighted by Crippen LogP contribution is 2.32. The second-order valence-electron chi connectivity index (χ2n) is 5.65. The van der Waals surface area contributed by atoms with Crippen molar-refractivity contribution in [3.8, 4) is 0 Å². The van der Waals surface area contributed by atoms with Crippen LogP contribution in [0.1, 0.15) is 25.0 Å². The molecule has 1 amide bonds. The average Bonchev–Trinajstić information content (AvgIpc) is 2.96. The van der Waals surface area contributed by atoms with Gasteiger partial charge in [0.1, 0.15) is 0 Å². The van der Waals surface area contributed by atoms with Crippen LogP contribution >= 0.6 is 34.9 Å². The summed E-state index contributed by atoms with van der Waals surface area (Å²) < 4.78 is 1.71. The number of carbonyl (C=O) groups is 1. The molecule has 0 saturated carbocycles. The van der Waals surface area contributed by atoms with Crippen LogP contribution in [0.4, 0.5) is 5.69 Å². The van der Waals surface area contributed by atoms with Gasteiger partial charge in [-0.2, -0.15) is 0 Å². The van der Waals surface area contributed by atoms with Crippen molar-refractivity contribution in [1.29, 1.82) is 0 Å². The van der Waals surface area contributed by atoms with Gasteiger partial charge < -0.3 is 5.32 Å². The monoisotopic (exact) mass is 379 g/mol. The first-order valence-corrected chi connectivity index (χ1v) is 10.2. The third-order valence-electron chi connectivity index (χ3n) is 3.13.